The van der Waals surface area contributed by atoms with Gasteiger partial charge < -0.3 is 4.74 Å². The van der Waals surface area contributed by atoms with Crippen molar-refractivity contribution in [1.82, 2.24) is 0 Å². The van der Waals surface area contributed by atoms with Crippen LogP contribution in [0.4, 0.5) is 0 Å². The van der Waals surface area contributed by atoms with Crippen LogP contribution < -0.4 is 4.74 Å². The van der Waals surface area contributed by atoms with Crippen molar-refractivity contribution >= 4 is 15.9 Å². The van der Waals surface area contributed by atoms with Crippen LogP contribution in [0.1, 0.15) is 22.3 Å². The summed E-state index contributed by atoms with van der Waals surface area (Å²) in [5.41, 5.74) is 2.80. The molecule has 0 atom stereocenters. The number of nitrogens with zero attached hydrogens (tertiary/aromatic N) is 2. The lowest BCUT2D eigenvalue weighted by atomic mass is 10.1. The van der Waals surface area contributed by atoms with Crippen LogP contribution in [0.15, 0.2) is 34.8 Å². The van der Waals surface area contributed by atoms with E-state index in [0.29, 0.717) is 22.6 Å². The van der Waals surface area contributed by atoms with Crippen molar-refractivity contribution in [3.05, 3.63) is 57.1 Å². The van der Waals surface area contributed by atoms with E-state index in [0.717, 1.165) is 15.6 Å². The van der Waals surface area contributed by atoms with Crippen LogP contribution in [0.3, 0.4) is 0 Å². The normalized spacial score (nSPS) is 9.65. The Morgan fingerprint density at radius 3 is 2.20 bits per heavy atom. The zero-order chi connectivity index (χ0) is 14.7. The van der Waals surface area contributed by atoms with Gasteiger partial charge in [0.2, 0.25) is 0 Å². The van der Waals surface area contributed by atoms with Gasteiger partial charge in [-0.05, 0) is 55.3 Å². The van der Waals surface area contributed by atoms with Crippen LogP contribution in [-0.4, -0.2) is 0 Å². The van der Waals surface area contributed by atoms with Crippen molar-refractivity contribution in [2.75, 3.05) is 0 Å². The first-order valence-corrected chi connectivity index (χ1v) is 6.73. The second-order valence-electron chi connectivity index (χ2n) is 4.41. The first-order chi connectivity index (χ1) is 9.55. The quantitative estimate of drug-likeness (QED) is 0.810. The highest BCUT2D eigenvalue weighted by Crippen LogP contribution is 2.33. The van der Waals surface area contributed by atoms with E-state index in [4.69, 9.17) is 15.3 Å². The lowest BCUT2D eigenvalue weighted by Gasteiger charge is -2.13. The van der Waals surface area contributed by atoms with Gasteiger partial charge in [-0.3, -0.25) is 0 Å². The maximum Gasteiger partial charge on any atom is 0.146 e. The molecule has 0 fully saturated rings. The van der Waals surface area contributed by atoms with Crippen molar-refractivity contribution in [3.63, 3.8) is 0 Å². The van der Waals surface area contributed by atoms with E-state index in [1.807, 2.05) is 13.8 Å². The molecular formula is C16H11BrN2O. The fourth-order valence-electron chi connectivity index (χ4n) is 1.96. The molecule has 4 heteroatoms. The zero-order valence-electron chi connectivity index (χ0n) is 11.1. The van der Waals surface area contributed by atoms with Gasteiger partial charge >= 0.3 is 0 Å². The molecule has 0 heterocycles. The number of benzene rings is 2. The van der Waals surface area contributed by atoms with E-state index in [1.165, 1.54) is 0 Å². The minimum atomic E-state index is 0.469. The van der Waals surface area contributed by atoms with Gasteiger partial charge in [-0.1, -0.05) is 15.9 Å². The Kier molecular flexibility index (Phi) is 4.08. The van der Waals surface area contributed by atoms with E-state index < -0.39 is 0 Å². The molecule has 0 aliphatic rings. The number of ether oxygens (including phenoxy) is 1. The smallest absolute Gasteiger partial charge is 0.146 e. The molecule has 20 heavy (non-hydrogen) atoms. The first kappa shape index (κ1) is 14.1. The van der Waals surface area contributed by atoms with Crippen LogP contribution in [0.5, 0.6) is 11.5 Å². The van der Waals surface area contributed by atoms with Crippen molar-refractivity contribution in [3.8, 4) is 23.6 Å². The summed E-state index contributed by atoms with van der Waals surface area (Å²) in [6.45, 7) is 3.76. The number of aryl methyl sites for hydroxylation is 2. The average Bonchev–Trinajstić information content (AvgIpc) is 2.42. The summed E-state index contributed by atoms with van der Waals surface area (Å²) in [6.07, 6.45) is 0. The molecule has 0 spiro atoms. The number of rotatable bonds is 2. The van der Waals surface area contributed by atoms with Gasteiger partial charge in [0, 0.05) is 4.47 Å². The van der Waals surface area contributed by atoms with Crippen molar-refractivity contribution in [2.45, 2.75) is 13.8 Å². The minimum absolute atomic E-state index is 0.469. The van der Waals surface area contributed by atoms with Crippen LogP contribution in [0, 0.1) is 36.5 Å². The minimum Gasteiger partial charge on any atom is -0.455 e. The summed E-state index contributed by atoms with van der Waals surface area (Å²) in [6, 6.07) is 13.0. The van der Waals surface area contributed by atoms with Gasteiger partial charge in [-0.15, -0.1) is 0 Å². The third kappa shape index (κ3) is 2.82. The molecular weight excluding hydrogens is 316 g/mol. The Morgan fingerprint density at radius 1 is 1.00 bits per heavy atom. The predicted octanol–water partition coefficient (Wildman–Crippen LogP) is 4.60. The van der Waals surface area contributed by atoms with Gasteiger partial charge in [0.15, 0.2) is 0 Å². The van der Waals surface area contributed by atoms with Gasteiger partial charge in [0.1, 0.15) is 17.6 Å². The fourth-order valence-corrected chi connectivity index (χ4v) is 2.30. The molecule has 0 aliphatic heterocycles. The standard InChI is InChI=1S/C16H11BrN2O/c1-10-5-12(8-18)6-11(2)16(10)20-15-7-14(17)4-3-13(15)9-19/h3-7H,1-2H3. The van der Waals surface area contributed by atoms with E-state index in [9.17, 15) is 0 Å². The Bertz CT molecular complexity index is 731. The molecule has 2 aromatic carbocycles. The molecule has 0 radical (unpaired) electrons. The number of hydrogen-bond donors (Lipinski definition) is 0. The second-order valence-corrected chi connectivity index (χ2v) is 5.32. The number of nitriles is 2. The Labute approximate surface area is 126 Å². The van der Waals surface area contributed by atoms with Gasteiger partial charge in [0.25, 0.3) is 0 Å². The van der Waals surface area contributed by atoms with E-state index in [-0.39, 0.29) is 0 Å². The molecule has 0 aliphatic carbocycles. The molecule has 0 N–H and O–H groups in total. The molecule has 0 bridgehead atoms. The Morgan fingerprint density at radius 2 is 1.65 bits per heavy atom. The lowest BCUT2D eigenvalue weighted by Crippen LogP contribution is -1.94. The average molecular weight is 327 g/mol. The van der Waals surface area contributed by atoms with Crippen LogP contribution in [0.25, 0.3) is 0 Å². The summed E-state index contributed by atoms with van der Waals surface area (Å²) in [5, 5.41) is 18.1. The molecule has 0 aromatic heterocycles. The topological polar surface area (TPSA) is 56.8 Å². The number of halogens is 1. The highest BCUT2D eigenvalue weighted by atomic mass is 79.9. The predicted molar refractivity (Wildman–Crippen MR) is 79.6 cm³/mol. The van der Waals surface area contributed by atoms with Crippen LogP contribution >= 0.6 is 15.9 Å². The summed E-state index contributed by atoms with van der Waals surface area (Å²) < 4.78 is 6.72. The first-order valence-electron chi connectivity index (χ1n) is 5.94. The molecule has 0 amide bonds. The van der Waals surface area contributed by atoms with Crippen LogP contribution in [0.2, 0.25) is 0 Å². The highest BCUT2D eigenvalue weighted by Gasteiger charge is 2.11. The molecule has 3 nitrogen and oxygen atoms in total. The molecule has 2 aromatic rings. The summed E-state index contributed by atoms with van der Waals surface area (Å²) in [7, 11) is 0. The van der Waals surface area contributed by atoms with Gasteiger partial charge in [-0.2, -0.15) is 10.5 Å². The van der Waals surface area contributed by atoms with E-state index in [2.05, 4.69) is 28.1 Å². The van der Waals surface area contributed by atoms with Crippen molar-refractivity contribution in [2.24, 2.45) is 0 Å². The van der Waals surface area contributed by atoms with Crippen molar-refractivity contribution in [1.29, 1.82) is 10.5 Å². The summed E-state index contributed by atoms with van der Waals surface area (Å²) in [5.74, 6) is 1.18. The molecule has 98 valence electrons. The van der Waals surface area contributed by atoms with Gasteiger partial charge in [-0.25, -0.2) is 0 Å². The van der Waals surface area contributed by atoms with Crippen molar-refractivity contribution < 1.29 is 4.74 Å². The Hall–Kier alpha value is -2.30. The van der Waals surface area contributed by atoms with Crippen LogP contribution in [-0.2, 0) is 0 Å². The number of hydrogen-bond acceptors (Lipinski definition) is 3. The third-order valence-corrected chi connectivity index (χ3v) is 3.36. The molecule has 0 saturated carbocycles. The largest absolute Gasteiger partial charge is 0.455 e. The summed E-state index contributed by atoms with van der Waals surface area (Å²) in [4.78, 5) is 0. The fraction of sp³-hybridized carbons (Fsp3) is 0.125. The van der Waals surface area contributed by atoms with E-state index >= 15 is 0 Å². The maximum atomic E-state index is 9.12. The Balaban J connectivity index is 2.49. The SMILES string of the molecule is Cc1cc(C#N)cc(C)c1Oc1cc(Br)ccc1C#N. The molecule has 0 saturated heterocycles. The second kappa shape index (κ2) is 5.77. The molecule has 0 unspecified atom stereocenters. The highest BCUT2D eigenvalue weighted by molar-refractivity contribution is 9.10. The zero-order valence-corrected chi connectivity index (χ0v) is 12.7. The van der Waals surface area contributed by atoms with E-state index in [1.54, 1.807) is 30.3 Å². The maximum absolute atomic E-state index is 9.12. The third-order valence-electron chi connectivity index (χ3n) is 2.87. The molecule has 2 rings (SSSR count). The van der Waals surface area contributed by atoms with Gasteiger partial charge in [0.05, 0.1) is 17.2 Å². The summed E-state index contributed by atoms with van der Waals surface area (Å²) >= 11 is 3.37. The monoisotopic (exact) mass is 326 g/mol. The lowest BCUT2D eigenvalue weighted by molar-refractivity contribution is 0.473.